The van der Waals surface area contributed by atoms with Gasteiger partial charge in [-0.2, -0.15) is 13.2 Å². The molecule has 0 aromatic heterocycles. The van der Waals surface area contributed by atoms with Crippen LogP contribution in [0.5, 0.6) is 11.5 Å². The monoisotopic (exact) mass is 364 g/mol. The van der Waals surface area contributed by atoms with E-state index in [0.29, 0.717) is 5.02 Å². The summed E-state index contributed by atoms with van der Waals surface area (Å²) in [4.78, 5) is 11.4. The second kappa shape index (κ2) is 7.10. The molecule has 0 fully saturated rings. The predicted molar refractivity (Wildman–Crippen MR) is 78.8 cm³/mol. The average Bonchev–Trinajstić information content (AvgIpc) is 2.48. The van der Waals surface area contributed by atoms with Crippen molar-refractivity contribution in [2.75, 3.05) is 0 Å². The molecular formula is C15H9Cl2F3O3. The molecule has 0 saturated carbocycles. The second-order valence-electron chi connectivity index (χ2n) is 4.35. The molecule has 1 unspecified atom stereocenters. The predicted octanol–water partition coefficient (Wildman–Crippen LogP) is 4.91. The highest BCUT2D eigenvalue weighted by molar-refractivity contribution is 6.64. The van der Waals surface area contributed by atoms with E-state index in [2.05, 4.69) is 0 Å². The first-order chi connectivity index (χ1) is 10.8. The van der Waals surface area contributed by atoms with Crippen LogP contribution in [0.25, 0.3) is 0 Å². The molecule has 2 aromatic rings. The Morgan fingerprint density at radius 1 is 0.913 bits per heavy atom. The van der Waals surface area contributed by atoms with Crippen LogP contribution in [0.3, 0.4) is 0 Å². The van der Waals surface area contributed by atoms with Gasteiger partial charge >= 0.3 is 17.7 Å². The molecule has 3 nitrogen and oxygen atoms in total. The molecule has 0 N–H and O–H groups in total. The van der Waals surface area contributed by atoms with E-state index in [4.69, 9.17) is 32.7 Å². The fourth-order valence-corrected chi connectivity index (χ4v) is 1.81. The quantitative estimate of drug-likeness (QED) is 0.558. The molecule has 122 valence electrons. The van der Waals surface area contributed by atoms with Crippen LogP contribution in [-0.2, 0) is 11.0 Å². The fraction of sp³-hybridized carbons (Fsp3) is 0.133. The minimum atomic E-state index is -4.46. The van der Waals surface area contributed by atoms with Crippen LogP contribution in [-0.4, -0.2) is 11.5 Å². The number of hydrogen-bond donors (Lipinski definition) is 0. The standard InChI is InChI=1S/C15H9Cl2F3O3/c16-10-3-7-12(8-4-10)23-14(13(17)21)22-11-5-1-9(2-6-11)15(18,19)20/h1-8,14H. The molecule has 2 aromatic carbocycles. The summed E-state index contributed by atoms with van der Waals surface area (Å²) in [6.45, 7) is 0. The first-order valence-corrected chi connectivity index (χ1v) is 6.97. The molecule has 0 heterocycles. The number of halogens is 5. The number of benzene rings is 2. The third-order valence-electron chi connectivity index (χ3n) is 2.67. The van der Waals surface area contributed by atoms with Gasteiger partial charge in [0.05, 0.1) is 5.56 Å². The lowest BCUT2D eigenvalue weighted by Crippen LogP contribution is -2.30. The molecule has 1 atom stereocenters. The minimum Gasteiger partial charge on any atom is -0.447 e. The van der Waals surface area contributed by atoms with Gasteiger partial charge in [-0.15, -0.1) is 0 Å². The van der Waals surface area contributed by atoms with E-state index in [1.165, 1.54) is 24.3 Å². The highest BCUT2D eigenvalue weighted by atomic mass is 35.5. The van der Waals surface area contributed by atoms with Crippen molar-refractivity contribution in [3.05, 3.63) is 59.1 Å². The van der Waals surface area contributed by atoms with Crippen molar-refractivity contribution in [1.82, 2.24) is 0 Å². The third kappa shape index (κ3) is 5.04. The molecule has 0 saturated heterocycles. The third-order valence-corrected chi connectivity index (χ3v) is 3.10. The summed E-state index contributed by atoms with van der Waals surface area (Å²) in [5.41, 5.74) is -0.836. The maximum atomic E-state index is 12.5. The van der Waals surface area contributed by atoms with Crippen LogP contribution in [0.2, 0.25) is 5.02 Å². The number of rotatable bonds is 5. The molecular weight excluding hydrogens is 356 g/mol. The minimum absolute atomic E-state index is 0.00552. The second-order valence-corrected chi connectivity index (χ2v) is 5.16. The van der Waals surface area contributed by atoms with Crippen molar-refractivity contribution in [3.63, 3.8) is 0 Å². The Balaban J connectivity index is 2.10. The smallest absolute Gasteiger partial charge is 0.416 e. The van der Waals surface area contributed by atoms with Gasteiger partial charge < -0.3 is 9.47 Å². The summed E-state index contributed by atoms with van der Waals surface area (Å²) in [6, 6.07) is 9.84. The Bertz CT molecular complexity index is 670. The summed E-state index contributed by atoms with van der Waals surface area (Å²) in [5, 5.41) is -0.491. The topological polar surface area (TPSA) is 35.5 Å². The number of ether oxygens (including phenoxy) is 2. The van der Waals surface area contributed by atoms with Crippen LogP contribution >= 0.6 is 23.2 Å². The van der Waals surface area contributed by atoms with E-state index in [0.717, 1.165) is 24.3 Å². The molecule has 0 spiro atoms. The Kier molecular flexibility index (Phi) is 5.38. The number of hydrogen-bond acceptors (Lipinski definition) is 3. The van der Waals surface area contributed by atoms with Gasteiger partial charge in [0.15, 0.2) is 0 Å². The van der Waals surface area contributed by atoms with E-state index < -0.39 is 23.3 Å². The van der Waals surface area contributed by atoms with Crippen LogP contribution < -0.4 is 9.47 Å². The first-order valence-electron chi connectivity index (χ1n) is 6.21. The van der Waals surface area contributed by atoms with Crippen molar-refractivity contribution in [3.8, 4) is 11.5 Å². The summed E-state index contributed by atoms with van der Waals surface area (Å²) < 4.78 is 47.9. The van der Waals surface area contributed by atoms with Gasteiger partial charge in [0.2, 0.25) is 0 Å². The molecule has 0 bridgehead atoms. The molecule has 0 radical (unpaired) electrons. The summed E-state index contributed by atoms with van der Waals surface area (Å²) >= 11 is 11.1. The average molecular weight is 365 g/mol. The van der Waals surface area contributed by atoms with Gasteiger partial charge in [-0.25, -0.2) is 0 Å². The van der Waals surface area contributed by atoms with Crippen molar-refractivity contribution in [2.45, 2.75) is 12.5 Å². The van der Waals surface area contributed by atoms with Crippen molar-refractivity contribution < 1.29 is 27.4 Å². The van der Waals surface area contributed by atoms with Gasteiger partial charge in [-0.3, -0.25) is 4.79 Å². The number of carbonyl (C=O) groups is 1. The highest BCUT2D eigenvalue weighted by Gasteiger charge is 2.30. The molecule has 8 heteroatoms. The fourth-order valence-electron chi connectivity index (χ4n) is 1.60. The largest absolute Gasteiger partial charge is 0.447 e. The lowest BCUT2D eigenvalue weighted by atomic mass is 10.2. The van der Waals surface area contributed by atoms with Crippen molar-refractivity contribution in [1.29, 1.82) is 0 Å². The Morgan fingerprint density at radius 2 is 1.35 bits per heavy atom. The Morgan fingerprint density at radius 3 is 1.74 bits per heavy atom. The summed E-state index contributed by atoms with van der Waals surface area (Å²) in [7, 11) is 0. The first kappa shape index (κ1) is 17.4. The number of alkyl halides is 3. The van der Waals surface area contributed by atoms with Gasteiger partial charge in [0, 0.05) is 5.02 Å². The lowest BCUT2D eigenvalue weighted by Gasteiger charge is -2.17. The SMILES string of the molecule is O=C(Cl)C(Oc1ccc(Cl)cc1)Oc1ccc(C(F)(F)F)cc1. The zero-order chi connectivity index (χ0) is 17.0. The molecule has 2 rings (SSSR count). The van der Waals surface area contributed by atoms with Crippen LogP contribution in [0.4, 0.5) is 13.2 Å². The Labute approximate surface area is 139 Å². The Hall–Kier alpha value is -1.92. The van der Waals surface area contributed by atoms with Crippen LogP contribution in [0, 0.1) is 0 Å². The van der Waals surface area contributed by atoms with E-state index >= 15 is 0 Å². The zero-order valence-electron chi connectivity index (χ0n) is 11.3. The maximum absolute atomic E-state index is 12.5. The number of carbonyl (C=O) groups excluding carboxylic acids is 1. The van der Waals surface area contributed by atoms with E-state index in [9.17, 15) is 18.0 Å². The molecule has 0 amide bonds. The van der Waals surface area contributed by atoms with E-state index in [-0.39, 0.29) is 11.5 Å². The van der Waals surface area contributed by atoms with Crippen molar-refractivity contribution >= 4 is 28.4 Å². The normalized spacial score (nSPS) is 12.6. The van der Waals surface area contributed by atoms with E-state index in [1.807, 2.05) is 0 Å². The molecule has 0 aliphatic carbocycles. The van der Waals surface area contributed by atoms with Crippen LogP contribution in [0.1, 0.15) is 5.56 Å². The highest BCUT2D eigenvalue weighted by Crippen LogP contribution is 2.30. The summed E-state index contributed by atoms with van der Waals surface area (Å²) in [6.07, 6.45) is -5.96. The van der Waals surface area contributed by atoms with Gasteiger partial charge in [0.1, 0.15) is 11.5 Å². The zero-order valence-corrected chi connectivity index (χ0v) is 12.8. The van der Waals surface area contributed by atoms with Gasteiger partial charge in [-0.05, 0) is 60.1 Å². The van der Waals surface area contributed by atoms with E-state index in [1.54, 1.807) is 0 Å². The summed E-state index contributed by atoms with van der Waals surface area (Å²) in [5.74, 6) is 0.270. The molecule has 0 aliphatic heterocycles. The lowest BCUT2D eigenvalue weighted by molar-refractivity contribution is -0.137. The van der Waals surface area contributed by atoms with Gasteiger partial charge in [0.25, 0.3) is 0 Å². The molecule has 0 aliphatic rings. The van der Waals surface area contributed by atoms with Crippen LogP contribution in [0.15, 0.2) is 48.5 Å². The molecule has 23 heavy (non-hydrogen) atoms. The van der Waals surface area contributed by atoms with Crippen molar-refractivity contribution in [2.24, 2.45) is 0 Å². The van der Waals surface area contributed by atoms with Gasteiger partial charge in [-0.1, -0.05) is 11.6 Å². The maximum Gasteiger partial charge on any atom is 0.416 e.